The summed E-state index contributed by atoms with van der Waals surface area (Å²) in [7, 11) is 1.87. The van der Waals surface area contributed by atoms with Crippen LogP contribution >= 0.6 is 12.2 Å². The minimum Gasteiger partial charge on any atom is -0.348 e. The molecule has 0 fully saturated rings. The number of halogens is 2. The summed E-state index contributed by atoms with van der Waals surface area (Å²) in [5.41, 5.74) is 10.3. The first-order chi connectivity index (χ1) is 14.2. The zero-order chi connectivity index (χ0) is 22.0. The number of aromatic nitrogens is 2. The molecule has 3 N–H and O–H groups in total. The van der Waals surface area contributed by atoms with Crippen molar-refractivity contribution in [3.8, 4) is 0 Å². The average molecular weight is 431 g/mol. The normalized spacial score (nSPS) is 15.3. The number of thiocarbonyl (C=S) groups is 1. The molecule has 0 bridgehead atoms. The van der Waals surface area contributed by atoms with E-state index in [4.69, 9.17) is 18.0 Å². The summed E-state index contributed by atoms with van der Waals surface area (Å²) >= 11 is 5.52. The van der Waals surface area contributed by atoms with Crippen molar-refractivity contribution in [1.82, 2.24) is 15.1 Å². The van der Waals surface area contributed by atoms with E-state index in [-0.39, 0.29) is 24.4 Å². The Morgan fingerprint density at radius 1 is 1.37 bits per heavy atom. The van der Waals surface area contributed by atoms with Crippen molar-refractivity contribution in [2.75, 3.05) is 6.54 Å². The molecule has 1 aliphatic rings. The highest BCUT2D eigenvalue weighted by atomic mass is 32.1. The van der Waals surface area contributed by atoms with E-state index in [1.54, 1.807) is 17.0 Å². The van der Waals surface area contributed by atoms with Gasteiger partial charge in [-0.25, -0.2) is 8.78 Å². The number of nitrogens with two attached hydrogens (primary N) is 1. The molecule has 2 aromatic rings. The number of carbonyl (C=O) groups is 1. The molecular weight excluding hydrogens is 406 g/mol. The number of aryl methyl sites for hydroxylation is 2. The van der Waals surface area contributed by atoms with Crippen LogP contribution in [0, 0.1) is 18.6 Å². The second-order valence-corrected chi connectivity index (χ2v) is 7.96. The monoisotopic (exact) mass is 430 g/mol. The molecule has 0 spiro atoms. The summed E-state index contributed by atoms with van der Waals surface area (Å²) in [6.07, 6.45) is 4.09. The second kappa shape index (κ2) is 8.97. The van der Waals surface area contributed by atoms with Crippen molar-refractivity contribution in [2.45, 2.75) is 32.7 Å². The summed E-state index contributed by atoms with van der Waals surface area (Å²) in [5, 5.41) is 7.08. The highest BCUT2D eigenvalue weighted by Gasteiger charge is 2.26. The van der Waals surface area contributed by atoms with Gasteiger partial charge in [-0.2, -0.15) is 5.10 Å². The molecule has 8 heteroatoms. The Balaban J connectivity index is 1.81. The van der Waals surface area contributed by atoms with E-state index >= 15 is 0 Å². The minimum atomic E-state index is -0.553. The predicted molar refractivity (Wildman–Crippen MR) is 117 cm³/mol. The maximum atomic E-state index is 13.9. The van der Waals surface area contributed by atoms with Gasteiger partial charge in [0.2, 0.25) is 0 Å². The van der Waals surface area contributed by atoms with Crippen molar-refractivity contribution >= 4 is 28.6 Å². The summed E-state index contributed by atoms with van der Waals surface area (Å²) < 4.78 is 29.2. The zero-order valence-electron chi connectivity index (χ0n) is 17.1. The van der Waals surface area contributed by atoms with Crippen molar-refractivity contribution in [3.05, 3.63) is 70.1 Å². The van der Waals surface area contributed by atoms with Crippen LogP contribution in [0.4, 0.5) is 8.78 Å². The molecule has 0 aliphatic heterocycles. The lowest BCUT2D eigenvalue weighted by atomic mass is 9.89. The first kappa shape index (κ1) is 22.0. The zero-order valence-corrected chi connectivity index (χ0v) is 17.9. The fraction of sp³-hybridized carbons (Fsp3) is 0.318. The molecule has 1 heterocycles. The van der Waals surface area contributed by atoms with Crippen molar-refractivity contribution < 1.29 is 13.6 Å². The third kappa shape index (κ3) is 4.55. The van der Waals surface area contributed by atoms with Crippen LogP contribution in [0.25, 0.3) is 5.57 Å². The fourth-order valence-electron chi connectivity index (χ4n) is 3.64. The number of allylic oxidation sites excluding steroid dienone is 3. The van der Waals surface area contributed by atoms with E-state index < -0.39 is 17.7 Å². The molecule has 5 nitrogen and oxygen atoms in total. The topological polar surface area (TPSA) is 72.9 Å². The maximum absolute atomic E-state index is 13.9. The first-order valence-electron chi connectivity index (χ1n) is 9.59. The van der Waals surface area contributed by atoms with Gasteiger partial charge in [0, 0.05) is 30.9 Å². The van der Waals surface area contributed by atoms with E-state index in [2.05, 4.69) is 10.4 Å². The molecule has 1 aromatic carbocycles. The predicted octanol–water partition coefficient (Wildman–Crippen LogP) is 3.17. The Hall–Kier alpha value is -2.71. The summed E-state index contributed by atoms with van der Waals surface area (Å²) in [6.45, 7) is 3.99. The molecule has 0 saturated carbocycles. The molecule has 1 atom stereocenters. The first-order valence-corrected chi connectivity index (χ1v) is 10.0. The van der Waals surface area contributed by atoms with Gasteiger partial charge in [0.25, 0.3) is 5.91 Å². The van der Waals surface area contributed by atoms with Crippen LogP contribution in [-0.4, -0.2) is 33.1 Å². The number of nitrogens with one attached hydrogen (secondary N) is 1. The van der Waals surface area contributed by atoms with Crippen LogP contribution in [0.5, 0.6) is 0 Å². The van der Waals surface area contributed by atoms with Crippen LogP contribution < -0.4 is 11.1 Å². The van der Waals surface area contributed by atoms with Crippen molar-refractivity contribution in [1.29, 1.82) is 0 Å². The number of hydrogen-bond donors (Lipinski definition) is 2. The average Bonchev–Trinajstić information content (AvgIpc) is 3.03. The van der Waals surface area contributed by atoms with Gasteiger partial charge in [0.15, 0.2) is 0 Å². The van der Waals surface area contributed by atoms with Crippen LogP contribution in [0.2, 0.25) is 0 Å². The van der Waals surface area contributed by atoms with Crippen LogP contribution in [-0.2, 0) is 18.3 Å². The molecule has 1 aliphatic carbocycles. The highest BCUT2D eigenvalue weighted by molar-refractivity contribution is 7.81. The molecule has 3 rings (SSSR count). The van der Waals surface area contributed by atoms with Gasteiger partial charge < -0.3 is 11.1 Å². The Bertz CT molecular complexity index is 1050. The van der Waals surface area contributed by atoms with Gasteiger partial charge >= 0.3 is 0 Å². The van der Waals surface area contributed by atoms with E-state index in [1.807, 2.05) is 20.9 Å². The van der Waals surface area contributed by atoms with Crippen molar-refractivity contribution in [3.63, 3.8) is 0 Å². The lowest BCUT2D eigenvalue weighted by molar-refractivity contribution is -0.117. The summed E-state index contributed by atoms with van der Waals surface area (Å²) in [4.78, 5) is 13.4. The molecular formula is C22H24F2N4OS. The van der Waals surface area contributed by atoms with Crippen LogP contribution in [0.3, 0.4) is 0 Å². The number of rotatable bonds is 6. The fourth-order valence-corrected chi connectivity index (χ4v) is 3.94. The van der Waals surface area contributed by atoms with E-state index in [9.17, 15) is 13.6 Å². The molecule has 1 amide bonds. The van der Waals surface area contributed by atoms with E-state index in [1.165, 1.54) is 0 Å². The smallest absolute Gasteiger partial charge is 0.252 e. The van der Waals surface area contributed by atoms with Crippen LogP contribution in [0.1, 0.15) is 30.2 Å². The van der Waals surface area contributed by atoms with Gasteiger partial charge in [-0.05, 0) is 66.8 Å². The Labute approximate surface area is 179 Å². The molecule has 30 heavy (non-hydrogen) atoms. The number of hydrogen-bond acceptors (Lipinski definition) is 4. The molecule has 0 saturated heterocycles. The largest absolute Gasteiger partial charge is 0.348 e. The lowest BCUT2D eigenvalue weighted by Gasteiger charge is -2.23. The standard InChI is InChI=1S/C22H24F2N4OS/c1-12-6-18(20(30)9-17(12)21-13(2)11-26-28(21)3)22(29)27-16(10-25)8-14-7-15(23)4-5-19(14)24/h4-7,11,16H,8-10,25H2,1-3H3,(H,27,29)/t16-/m0/s1. The van der Waals surface area contributed by atoms with Gasteiger partial charge in [0.05, 0.1) is 17.5 Å². The lowest BCUT2D eigenvalue weighted by Crippen LogP contribution is -2.43. The number of nitrogens with zero attached hydrogens (tertiary/aromatic N) is 2. The Kier molecular flexibility index (Phi) is 6.58. The molecule has 0 radical (unpaired) electrons. The second-order valence-electron chi connectivity index (χ2n) is 7.47. The van der Waals surface area contributed by atoms with E-state index in [0.717, 1.165) is 40.6 Å². The Morgan fingerprint density at radius 2 is 2.10 bits per heavy atom. The quantitative estimate of drug-likeness (QED) is 0.691. The third-order valence-electron chi connectivity index (χ3n) is 5.22. The number of benzene rings is 1. The van der Waals surface area contributed by atoms with E-state index in [0.29, 0.717) is 16.9 Å². The SMILES string of the molecule is CC1=C(c2c(C)cnn2C)CC(=S)C(C(=O)N[C@H](CN)Cc2cc(F)ccc2F)=C1. The van der Waals surface area contributed by atoms with Gasteiger partial charge in [-0.15, -0.1) is 0 Å². The maximum Gasteiger partial charge on any atom is 0.252 e. The molecule has 1 aromatic heterocycles. The van der Waals surface area contributed by atoms with Gasteiger partial charge in [0.1, 0.15) is 11.6 Å². The van der Waals surface area contributed by atoms with Gasteiger partial charge in [-0.1, -0.05) is 12.2 Å². The minimum absolute atomic E-state index is 0.0794. The van der Waals surface area contributed by atoms with Crippen molar-refractivity contribution in [2.24, 2.45) is 12.8 Å². The number of carbonyl (C=O) groups excluding carboxylic acids is 1. The van der Waals surface area contributed by atoms with Gasteiger partial charge in [-0.3, -0.25) is 9.48 Å². The summed E-state index contributed by atoms with van der Waals surface area (Å²) in [5.74, 6) is -1.44. The molecule has 0 unspecified atom stereocenters. The van der Waals surface area contributed by atoms with Crippen LogP contribution in [0.15, 0.2) is 41.6 Å². The molecule has 158 valence electrons. The Morgan fingerprint density at radius 3 is 2.73 bits per heavy atom. The third-order valence-corrected chi connectivity index (χ3v) is 5.58. The number of amides is 1. The summed E-state index contributed by atoms with van der Waals surface area (Å²) in [6, 6.07) is 2.68. The highest BCUT2D eigenvalue weighted by Crippen LogP contribution is 2.31.